The van der Waals surface area contributed by atoms with Crippen molar-refractivity contribution >= 4 is 17.3 Å². The zero-order valence-corrected chi connectivity index (χ0v) is 11.1. The van der Waals surface area contributed by atoms with Gasteiger partial charge in [-0.1, -0.05) is 25.1 Å². The Bertz CT molecular complexity index is 532. The summed E-state index contributed by atoms with van der Waals surface area (Å²) in [6.45, 7) is 4.56. The van der Waals surface area contributed by atoms with Crippen LogP contribution in [-0.2, 0) is 13.0 Å². The van der Waals surface area contributed by atoms with Gasteiger partial charge in [0, 0.05) is 17.8 Å². The Morgan fingerprint density at radius 2 is 2.33 bits per heavy atom. The molecule has 0 amide bonds. The highest BCUT2D eigenvalue weighted by atomic mass is 32.1. The number of aromatic nitrogens is 3. The minimum atomic E-state index is -1.01. The van der Waals surface area contributed by atoms with Crippen LogP contribution in [0.1, 0.15) is 40.8 Å². The lowest BCUT2D eigenvalue weighted by Crippen LogP contribution is -2.11. The van der Waals surface area contributed by atoms with Gasteiger partial charge in [0.15, 0.2) is 5.69 Å². The van der Waals surface area contributed by atoms with Gasteiger partial charge in [-0.25, -0.2) is 9.48 Å². The molecule has 0 aliphatic rings. The van der Waals surface area contributed by atoms with E-state index in [1.54, 1.807) is 16.0 Å². The summed E-state index contributed by atoms with van der Waals surface area (Å²) in [5.41, 5.74) is 0.759. The molecule has 2 rings (SSSR count). The average Bonchev–Trinajstić information content (AvgIpc) is 2.95. The van der Waals surface area contributed by atoms with Crippen molar-refractivity contribution in [1.82, 2.24) is 15.0 Å². The molecule has 1 N–H and O–H groups in total. The van der Waals surface area contributed by atoms with Gasteiger partial charge in [0.25, 0.3) is 0 Å². The summed E-state index contributed by atoms with van der Waals surface area (Å²) in [5.74, 6) is -0.921. The fourth-order valence-corrected chi connectivity index (χ4v) is 2.58. The predicted octanol–water partition coefficient (Wildman–Crippen LogP) is 2.40. The van der Waals surface area contributed by atoms with Gasteiger partial charge in [0.1, 0.15) is 0 Å². The molecule has 0 spiro atoms. The molecule has 6 heteroatoms. The molecule has 2 heterocycles. The lowest BCUT2D eigenvalue weighted by molar-refractivity contribution is 0.0688. The topological polar surface area (TPSA) is 68.0 Å². The van der Waals surface area contributed by atoms with Crippen LogP contribution in [0.2, 0.25) is 0 Å². The Morgan fingerprint density at radius 3 is 2.89 bits per heavy atom. The fraction of sp³-hybridized carbons (Fsp3) is 0.417. The zero-order valence-electron chi connectivity index (χ0n) is 10.3. The van der Waals surface area contributed by atoms with E-state index in [2.05, 4.69) is 16.4 Å². The first-order valence-corrected chi connectivity index (χ1v) is 6.66. The summed E-state index contributed by atoms with van der Waals surface area (Å²) in [6.07, 6.45) is 0.847. The van der Waals surface area contributed by atoms with Crippen LogP contribution in [0.3, 0.4) is 0 Å². The number of carboxylic acid groups (broad SMARTS) is 1. The van der Waals surface area contributed by atoms with E-state index in [1.807, 2.05) is 25.3 Å². The van der Waals surface area contributed by atoms with E-state index < -0.39 is 5.97 Å². The van der Waals surface area contributed by atoms with Crippen LogP contribution >= 0.6 is 11.3 Å². The van der Waals surface area contributed by atoms with Crippen LogP contribution in [0.5, 0.6) is 0 Å². The van der Waals surface area contributed by atoms with E-state index in [1.165, 1.54) is 4.88 Å². The first kappa shape index (κ1) is 12.8. The predicted molar refractivity (Wildman–Crippen MR) is 69.1 cm³/mol. The molecule has 0 aliphatic carbocycles. The largest absolute Gasteiger partial charge is 0.476 e. The highest BCUT2D eigenvalue weighted by Crippen LogP contribution is 2.18. The quantitative estimate of drug-likeness (QED) is 0.901. The number of nitrogens with zero attached hydrogens (tertiary/aromatic N) is 3. The normalized spacial score (nSPS) is 11.1. The summed E-state index contributed by atoms with van der Waals surface area (Å²) >= 11 is 1.69. The van der Waals surface area contributed by atoms with Crippen molar-refractivity contribution in [3.63, 3.8) is 0 Å². The first-order chi connectivity index (χ1) is 8.59. The number of rotatable bonds is 5. The Hall–Kier alpha value is -1.69. The Labute approximate surface area is 109 Å². The maximum atomic E-state index is 11.1. The molecular formula is C12H15N3O2S. The van der Waals surface area contributed by atoms with Gasteiger partial charge in [-0.15, -0.1) is 16.4 Å². The molecule has 2 aromatic heterocycles. The molecule has 0 aromatic carbocycles. The van der Waals surface area contributed by atoms with Crippen molar-refractivity contribution in [3.05, 3.63) is 33.8 Å². The molecule has 0 unspecified atom stereocenters. The van der Waals surface area contributed by atoms with Gasteiger partial charge in [0.2, 0.25) is 0 Å². The Balaban J connectivity index is 2.20. The molecular weight excluding hydrogens is 250 g/mol. The van der Waals surface area contributed by atoms with E-state index in [-0.39, 0.29) is 11.6 Å². The monoisotopic (exact) mass is 265 g/mol. The second-order valence-corrected chi connectivity index (χ2v) is 5.37. The number of thiophene rings is 1. The van der Waals surface area contributed by atoms with E-state index >= 15 is 0 Å². The van der Waals surface area contributed by atoms with Gasteiger partial charge < -0.3 is 5.11 Å². The molecule has 5 nitrogen and oxygen atoms in total. The van der Waals surface area contributed by atoms with Crippen LogP contribution in [0.4, 0.5) is 0 Å². The lowest BCUT2D eigenvalue weighted by Gasteiger charge is -2.09. The maximum Gasteiger partial charge on any atom is 0.358 e. The van der Waals surface area contributed by atoms with Crippen molar-refractivity contribution in [2.45, 2.75) is 32.7 Å². The van der Waals surface area contributed by atoms with Gasteiger partial charge >= 0.3 is 5.97 Å². The Morgan fingerprint density at radius 1 is 1.56 bits per heavy atom. The van der Waals surface area contributed by atoms with E-state index in [0.717, 1.165) is 6.42 Å². The first-order valence-electron chi connectivity index (χ1n) is 5.78. The van der Waals surface area contributed by atoms with E-state index in [9.17, 15) is 4.79 Å². The summed E-state index contributed by atoms with van der Waals surface area (Å²) in [5, 5.41) is 18.8. The molecule has 0 radical (unpaired) electrons. The third-order valence-corrected chi connectivity index (χ3v) is 3.61. The number of hydrogen-bond donors (Lipinski definition) is 1. The SMILES string of the molecule is CC(C)c1c(C(=O)O)nnn1CCc1cccs1. The second-order valence-electron chi connectivity index (χ2n) is 4.34. The average molecular weight is 265 g/mol. The van der Waals surface area contributed by atoms with Crippen LogP contribution < -0.4 is 0 Å². The van der Waals surface area contributed by atoms with Crippen LogP contribution in [-0.4, -0.2) is 26.1 Å². The fourth-order valence-electron chi connectivity index (χ4n) is 1.88. The van der Waals surface area contributed by atoms with Crippen LogP contribution in [0, 0.1) is 0 Å². The van der Waals surface area contributed by atoms with Crippen molar-refractivity contribution < 1.29 is 9.90 Å². The minimum absolute atomic E-state index is 0.0659. The molecule has 0 bridgehead atoms. The Kier molecular flexibility index (Phi) is 3.76. The number of carbonyl (C=O) groups is 1. The van der Waals surface area contributed by atoms with Crippen LogP contribution in [0.15, 0.2) is 17.5 Å². The number of carboxylic acids is 1. The highest BCUT2D eigenvalue weighted by Gasteiger charge is 2.21. The molecule has 0 aliphatic heterocycles. The van der Waals surface area contributed by atoms with E-state index in [4.69, 9.17) is 5.11 Å². The number of hydrogen-bond acceptors (Lipinski definition) is 4. The van der Waals surface area contributed by atoms with Crippen molar-refractivity contribution in [2.75, 3.05) is 0 Å². The van der Waals surface area contributed by atoms with Crippen molar-refractivity contribution in [2.24, 2.45) is 0 Å². The molecule has 0 fully saturated rings. The molecule has 18 heavy (non-hydrogen) atoms. The molecule has 96 valence electrons. The molecule has 0 atom stereocenters. The van der Waals surface area contributed by atoms with Gasteiger partial charge in [-0.05, 0) is 17.4 Å². The third kappa shape index (κ3) is 2.59. The number of aromatic carboxylic acids is 1. The summed E-state index contributed by atoms with van der Waals surface area (Å²) in [4.78, 5) is 12.3. The summed E-state index contributed by atoms with van der Waals surface area (Å²) in [7, 11) is 0. The van der Waals surface area contributed by atoms with Crippen molar-refractivity contribution in [1.29, 1.82) is 0 Å². The molecule has 2 aromatic rings. The van der Waals surface area contributed by atoms with Crippen LogP contribution in [0.25, 0.3) is 0 Å². The van der Waals surface area contributed by atoms with Gasteiger partial charge in [-0.2, -0.15) is 0 Å². The van der Waals surface area contributed by atoms with Gasteiger partial charge in [0.05, 0.1) is 5.69 Å². The molecule has 0 saturated carbocycles. The smallest absolute Gasteiger partial charge is 0.358 e. The van der Waals surface area contributed by atoms with E-state index in [0.29, 0.717) is 12.2 Å². The third-order valence-electron chi connectivity index (χ3n) is 2.67. The zero-order chi connectivity index (χ0) is 13.1. The standard InChI is InChI=1S/C12H15N3O2S/c1-8(2)11-10(12(16)17)13-14-15(11)6-5-9-4-3-7-18-9/h3-4,7-8H,5-6H2,1-2H3,(H,16,17). The van der Waals surface area contributed by atoms with Crippen molar-refractivity contribution in [3.8, 4) is 0 Å². The number of aryl methyl sites for hydroxylation is 2. The maximum absolute atomic E-state index is 11.1. The summed E-state index contributed by atoms with van der Waals surface area (Å²) < 4.78 is 1.70. The highest BCUT2D eigenvalue weighted by molar-refractivity contribution is 7.09. The van der Waals surface area contributed by atoms with Gasteiger partial charge in [-0.3, -0.25) is 0 Å². The lowest BCUT2D eigenvalue weighted by atomic mass is 10.1. The minimum Gasteiger partial charge on any atom is -0.476 e. The molecule has 0 saturated heterocycles. The summed E-state index contributed by atoms with van der Waals surface area (Å²) in [6, 6.07) is 4.07. The second kappa shape index (κ2) is 5.30.